The summed E-state index contributed by atoms with van der Waals surface area (Å²) in [4.78, 5) is 13.8. The van der Waals surface area contributed by atoms with Crippen LogP contribution >= 0.6 is 23.5 Å². The van der Waals surface area contributed by atoms with Crippen molar-refractivity contribution in [2.75, 3.05) is 11.6 Å². The molecular weight excluding hydrogens is 400 g/mol. The highest BCUT2D eigenvalue weighted by Gasteiger charge is 2.21. The van der Waals surface area contributed by atoms with E-state index < -0.39 is 0 Å². The number of carbonyl (C=O) groups excluding carboxylic acids is 1. The van der Waals surface area contributed by atoms with Gasteiger partial charge in [-0.25, -0.2) is 0 Å². The molecule has 0 spiro atoms. The van der Waals surface area contributed by atoms with E-state index in [0.29, 0.717) is 0 Å². The van der Waals surface area contributed by atoms with E-state index in [1.54, 1.807) is 11.8 Å². The zero-order valence-corrected chi connectivity index (χ0v) is 18.8. The Morgan fingerprint density at radius 3 is 2.69 bits per heavy atom. The van der Waals surface area contributed by atoms with Gasteiger partial charge >= 0.3 is 0 Å². The van der Waals surface area contributed by atoms with Crippen LogP contribution in [-0.2, 0) is 11.3 Å². The van der Waals surface area contributed by atoms with Crippen LogP contribution in [-0.4, -0.2) is 32.2 Å². The summed E-state index contributed by atoms with van der Waals surface area (Å²) in [5.74, 6) is 0.804. The van der Waals surface area contributed by atoms with Crippen molar-refractivity contribution in [2.45, 2.75) is 49.0 Å². The number of anilines is 1. The van der Waals surface area contributed by atoms with Crippen molar-refractivity contribution in [3.8, 4) is 11.4 Å². The van der Waals surface area contributed by atoms with Crippen molar-refractivity contribution in [1.29, 1.82) is 0 Å². The predicted molar refractivity (Wildman–Crippen MR) is 123 cm³/mol. The Balaban J connectivity index is 1.79. The van der Waals surface area contributed by atoms with Gasteiger partial charge < -0.3 is 9.88 Å². The van der Waals surface area contributed by atoms with Gasteiger partial charge in [0.25, 0.3) is 0 Å². The summed E-state index contributed by atoms with van der Waals surface area (Å²) in [6.07, 6.45) is 2.97. The minimum absolute atomic E-state index is 0.0420. The minimum Gasteiger partial charge on any atom is -0.324 e. The summed E-state index contributed by atoms with van der Waals surface area (Å²) in [5, 5.41) is 12.3. The van der Waals surface area contributed by atoms with Gasteiger partial charge in [-0.05, 0) is 44.7 Å². The third-order valence-electron chi connectivity index (χ3n) is 4.46. The number of para-hydroxylation sites is 1. The van der Waals surface area contributed by atoms with Gasteiger partial charge in [0.05, 0.1) is 10.9 Å². The number of nitrogens with zero attached hydrogens (tertiary/aromatic N) is 3. The fourth-order valence-corrected chi connectivity index (χ4v) is 4.42. The number of aryl methyl sites for hydroxylation is 1. The van der Waals surface area contributed by atoms with Crippen LogP contribution in [0.5, 0.6) is 0 Å². The highest BCUT2D eigenvalue weighted by molar-refractivity contribution is 8.00. The lowest BCUT2D eigenvalue weighted by Gasteiger charge is -2.15. The molecule has 1 atom stereocenters. The van der Waals surface area contributed by atoms with Gasteiger partial charge in [0.1, 0.15) is 0 Å². The van der Waals surface area contributed by atoms with E-state index in [-0.39, 0.29) is 11.2 Å². The molecule has 0 radical (unpaired) electrons. The lowest BCUT2D eigenvalue weighted by atomic mass is 10.1. The standard InChI is InChI=1S/C22H26N4OS2/c1-5-13-26-20(17-10-8-9-15(2)14-17)24-25-22(26)29-16(3)21(27)23-18-11-6-7-12-19(18)28-4/h6-12,14,16H,5,13H2,1-4H3,(H,23,27). The maximum Gasteiger partial charge on any atom is 0.237 e. The van der Waals surface area contributed by atoms with Crippen molar-refractivity contribution in [3.05, 3.63) is 54.1 Å². The Hall–Kier alpha value is -2.25. The summed E-state index contributed by atoms with van der Waals surface area (Å²) in [6, 6.07) is 16.1. The van der Waals surface area contributed by atoms with Gasteiger partial charge in [0, 0.05) is 17.0 Å². The molecule has 1 aromatic heterocycles. The number of rotatable bonds is 8. The maximum absolute atomic E-state index is 12.8. The number of thioether (sulfide) groups is 2. The largest absolute Gasteiger partial charge is 0.324 e. The van der Waals surface area contributed by atoms with Crippen LogP contribution in [0.25, 0.3) is 11.4 Å². The van der Waals surface area contributed by atoms with Gasteiger partial charge in [-0.3, -0.25) is 4.79 Å². The molecule has 1 N–H and O–H groups in total. The molecule has 7 heteroatoms. The lowest BCUT2D eigenvalue weighted by molar-refractivity contribution is -0.115. The average Bonchev–Trinajstić information content (AvgIpc) is 3.11. The Kier molecular flexibility index (Phi) is 7.39. The number of hydrogen-bond acceptors (Lipinski definition) is 5. The Morgan fingerprint density at radius 2 is 1.97 bits per heavy atom. The van der Waals surface area contributed by atoms with Crippen LogP contribution in [0.3, 0.4) is 0 Å². The molecular formula is C22H26N4OS2. The monoisotopic (exact) mass is 426 g/mol. The van der Waals surface area contributed by atoms with Crippen molar-refractivity contribution in [3.63, 3.8) is 0 Å². The quantitative estimate of drug-likeness (QED) is 0.482. The molecule has 1 amide bonds. The average molecular weight is 427 g/mol. The molecule has 3 rings (SSSR count). The van der Waals surface area contributed by atoms with E-state index in [0.717, 1.165) is 40.1 Å². The number of hydrogen-bond donors (Lipinski definition) is 1. The normalized spacial score (nSPS) is 12.0. The zero-order chi connectivity index (χ0) is 20.8. The number of nitrogens with one attached hydrogen (secondary N) is 1. The van der Waals surface area contributed by atoms with Crippen LogP contribution in [0.2, 0.25) is 0 Å². The van der Waals surface area contributed by atoms with Crippen LogP contribution in [0, 0.1) is 6.92 Å². The molecule has 0 bridgehead atoms. The summed E-state index contributed by atoms with van der Waals surface area (Å²) >= 11 is 3.06. The fourth-order valence-electron chi connectivity index (χ4n) is 2.99. The van der Waals surface area contributed by atoms with Crippen LogP contribution in [0.15, 0.2) is 58.6 Å². The Morgan fingerprint density at radius 1 is 1.17 bits per heavy atom. The van der Waals surface area contributed by atoms with Crippen molar-refractivity contribution in [2.24, 2.45) is 0 Å². The van der Waals surface area contributed by atoms with E-state index in [1.807, 2.05) is 49.6 Å². The lowest BCUT2D eigenvalue weighted by Crippen LogP contribution is -2.23. The Bertz CT molecular complexity index is 986. The van der Waals surface area contributed by atoms with Gasteiger partial charge in [0.15, 0.2) is 11.0 Å². The summed E-state index contributed by atoms with van der Waals surface area (Å²) in [6.45, 7) is 6.91. The number of amides is 1. The molecule has 3 aromatic rings. The van der Waals surface area contributed by atoms with E-state index in [1.165, 1.54) is 17.3 Å². The third-order valence-corrected chi connectivity index (χ3v) is 6.33. The molecule has 0 aliphatic heterocycles. The first-order chi connectivity index (χ1) is 14.0. The molecule has 0 aliphatic carbocycles. The number of carbonyl (C=O) groups is 1. The second-order valence-electron chi connectivity index (χ2n) is 6.78. The molecule has 0 saturated heterocycles. The van der Waals surface area contributed by atoms with Crippen LogP contribution in [0.1, 0.15) is 25.8 Å². The highest BCUT2D eigenvalue weighted by Crippen LogP contribution is 2.29. The Labute approximate surface area is 180 Å². The first-order valence-electron chi connectivity index (χ1n) is 9.64. The molecule has 1 unspecified atom stereocenters. The third kappa shape index (κ3) is 5.22. The summed E-state index contributed by atoms with van der Waals surface area (Å²) < 4.78 is 2.11. The highest BCUT2D eigenvalue weighted by atomic mass is 32.2. The van der Waals surface area contributed by atoms with Gasteiger partial charge in [-0.2, -0.15) is 0 Å². The van der Waals surface area contributed by atoms with Gasteiger partial charge in [-0.1, -0.05) is 54.6 Å². The molecule has 0 saturated carbocycles. The SMILES string of the molecule is CCCn1c(SC(C)C(=O)Nc2ccccc2SC)nnc1-c1cccc(C)c1. The van der Waals surface area contributed by atoms with Crippen LogP contribution in [0.4, 0.5) is 5.69 Å². The molecule has 2 aromatic carbocycles. The van der Waals surface area contributed by atoms with E-state index in [2.05, 4.69) is 46.1 Å². The maximum atomic E-state index is 12.8. The van der Waals surface area contributed by atoms with Crippen molar-refractivity contribution < 1.29 is 4.79 Å². The summed E-state index contributed by atoms with van der Waals surface area (Å²) in [5.41, 5.74) is 3.07. The molecule has 0 aliphatic rings. The molecule has 5 nitrogen and oxygen atoms in total. The topological polar surface area (TPSA) is 59.8 Å². The van der Waals surface area contributed by atoms with E-state index in [4.69, 9.17) is 0 Å². The van der Waals surface area contributed by atoms with Crippen LogP contribution < -0.4 is 5.32 Å². The van der Waals surface area contributed by atoms with E-state index >= 15 is 0 Å². The molecule has 152 valence electrons. The van der Waals surface area contributed by atoms with Crippen molar-refractivity contribution >= 4 is 35.1 Å². The van der Waals surface area contributed by atoms with Gasteiger partial charge in [0.2, 0.25) is 5.91 Å². The predicted octanol–water partition coefficient (Wildman–Crippen LogP) is 5.50. The summed E-state index contributed by atoms with van der Waals surface area (Å²) in [7, 11) is 0. The molecule has 1 heterocycles. The van der Waals surface area contributed by atoms with Crippen molar-refractivity contribution in [1.82, 2.24) is 14.8 Å². The fraction of sp³-hybridized carbons (Fsp3) is 0.318. The zero-order valence-electron chi connectivity index (χ0n) is 17.2. The molecule has 29 heavy (non-hydrogen) atoms. The first-order valence-corrected chi connectivity index (χ1v) is 11.7. The number of benzene rings is 2. The second-order valence-corrected chi connectivity index (χ2v) is 8.93. The minimum atomic E-state index is -0.296. The van der Waals surface area contributed by atoms with Gasteiger partial charge in [-0.15, -0.1) is 22.0 Å². The number of aromatic nitrogens is 3. The second kappa shape index (κ2) is 9.98. The molecule has 0 fully saturated rings. The van der Waals surface area contributed by atoms with E-state index in [9.17, 15) is 4.79 Å². The first kappa shape index (κ1) is 21.5. The smallest absolute Gasteiger partial charge is 0.237 e.